The van der Waals surface area contributed by atoms with Crippen LogP contribution in [0, 0.1) is 17.8 Å². The molecule has 0 radical (unpaired) electrons. The summed E-state index contributed by atoms with van der Waals surface area (Å²) in [5.41, 5.74) is 1.22. The van der Waals surface area contributed by atoms with Crippen molar-refractivity contribution in [1.29, 1.82) is 0 Å². The van der Waals surface area contributed by atoms with Crippen molar-refractivity contribution in [2.75, 3.05) is 0 Å². The van der Waals surface area contributed by atoms with Crippen LogP contribution in [-0.4, -0.2) is 11.9 Å². The molecule has 0 spiro atoms. The van der Waals surface area contributed by atoms with Crippen molar-refractivity contribution in [3.63, 3.8) is 0 Å². The summed E-state index contributed by atoms with van der Waals surface area (Å²) in [4.78, 5) is 0. The molecule has 0 aromatic rings. The van der Waals surface area contributed by atoms with Crippen molar-refractivity contribution < 1.29 is 0 Å². The topological polar surface area (TPSA) is 24.7 Å². The predicted molar refractivity (Wildman–Crippen MR) is 49.1 cm³/mol. The Morgan fingerprint density at radius 1 is 1.36 bits per heavy atom. The number of hydrogen-bond acceptors (Lipinski definition) is 2. The number of nitrogens with zero attached hydrogens (tertiary/aromatic N) is 2. The first-order valence-corrected chi connectivity index (χ1v) is 4.38. The van der Waals surface area contributed by atoms with E-state index in [0.717, 1.165) is 17.8 Å². The molecule has 0 bridgehead atoms. The number of rotatable bonds is 0. The third-order valence-corrected chi connectivity index (χ3v) is 2.38. The molecule has 3 atom stereocenters. The zero-order valence-corrected chi connectivity index (χ0v) is 7.70. The first-order valence-electron chi connectivity index (χ1n) is 4.38. The zero-order valence-electron chi connectivity index (χ0n) is 7.70. The Bertz CT molecular complexity index is 194. The van der Waals surface area contributed by atoms with Crippen molar-refractivity contribution in [3.8, 4) is 0 Å². The average Bonchev–Trinajstić information content (AvgIpc) is 2.69. The molecule has 3 unspecified atom stereocenters. The van der Waals surface area contributed by atoms with Gasteiger partial charge in [-0.15, -0.1) is 0 Å². The van der Waals surface area contributed by atoms with Gasteiger partial charge in [0.25, 0.3) is 0 Å². The Hall–Kier alpha value is -0.660. The lowest BCUT2D eigenvalue weighted by Crippen LogP contribution is -2.00. The van der Waals surface area contributed by atoms with Crippen molar-refractivity contribution in [3.05, 3.63) is 0 Å². The molecule has 2 rings (SSSR count). The van der Waals surface area contributed by atoms with E-state index in [1.165, 1.54) is 5.71 Å². The molecule has 1 heterocycles. The fraction of sp³-hybridized carbons (Fsp3) is 0.778. The summed E-state index contributed by atoms with van der Waals surface area (Å²) in [7, 11) is 0. The van der Waals surface area contributed by atoms with Gasteiger partial charge >= 0.3 is 0 Å². The minimum absolute atomic E-state index is 0.725. The van der Waals surface area contributed by atoms with Crippen LogP contribution in [0.2, 0.25) is 0 Å². The quantitative estimate of drug-likeness (QED) is 0.509. The van der Waals surface area contributed by atoms with Gasteiger partial charge in [-0.1, -0.05) is 20.8 Å². The highest BCUT2D eigenvalue weighted by Crippen LogP contribution is 2.46. The second kappa shape index (κ2) is 3.16. The van der Waals surface area contributed by atoms with E-state index in [2.05, 4.69) is 24.1 Å². The van der Waals surface area contributed by atoms with Gasteiger partial charge in [0.1, 0.15) is 0 Å². The summed E-state index contributed by atoms with van der Waals surface area (Å²) < 4.78 is 0. The van der Waals surface area contributed by atoms with Crippen LogP contribution >= 0.6 is 0 Å². The summed E-state index contributed by atoms with van der Waals surface area (Å²) in [5.74, 6) is 2.27. The molecular weight excluding hydrogens is 136 g/mol. The van der Waals surface area contributed by atoms with Gasteiger partial charge in [-0.3, -0.25) is 0 Å². The first-order chi connectivity index (χ1) is 5.30. The van der Waals surface area contributed by atoms with E-state index < -0.39 is 0 Å². The molecule has 2 heteroatoms. The summed E-state index contributed by atoms with van der Waals surface area (Å²) in [6, 6.07) is 0. The molecule has 0 amide bonds. The molecule has 1 aliphatic heterocycles. The lowest BCUT2D eigenvalue weighted by Gasteiger charge is -1.96. The van der Waals surface area contributed by atoms with Crippen molar-refractivity contribution in [2.24, 2.45) is 28.0 Å². The fourth-order valence-electron chi connectivity index (χ4n) is 1.65. The molecule has 2 aliphatic rings. The molecular formula is C9H16N2. The van der Waals surface area contributed by atoms with Crippen molar-refractivity contribution >= 4 is 11.9 Å². The Kier molecular flexibility index (Phi) is 2.42. The first kappa shape index (κ1) is 8.44. The normalized spacial score (nSPS) is 38.2. The Morgan fingerprint density at radius 2 is 2.00 bits per heavy atom. The number of fused-ring (bicyclic) bond motifs is 1. The molecule has 2 nitrogen and oxygen atoms in total. The summed E-state index contributed by atoms with van der Waals surface area (Å²) in [5, 5.41) is 7.88. The monoisotopic (exact) mass is 152 g/mol. The van der Waals surface area contributed by atoms with E-state index in [0.29, 0.717) is 0 Å². The Balaban J connectivity index is 0.000000281. The predicted octanol–water partition coefficient (Wildman–Crippen LogP) is 2.36. The lowest BCUT2D eigenvalue weighted by molar-refractivity contribution is 0.911. The molecule has 0 saturated heterocycles. The van der Waals surface area contributed by atoms with E-state index >= 15 is 0 Å². The van der Waals surface area contributed by atoms with Crippen LogP contribution in [0.25, 0.3) is 0 Å². The van der Waals surface area contributed by atoms with Crippen LogP contribution in [0.4, 0.5) is 0 Å². The summed E-state index contributed by atoms with van der Waals surface area (Å²) >= 11 is 0. The van der Waals surface area contributed by atoms with Crippen molar-refractivity contribution in [1.82, 2.24) is 0 Å². The largest absolute Gasteiger partial charge is 0.163 e. The van der Waals surface area contributed by atoms with E-state index in [4.69, 9.17) is 0 Å². The van der Waals surface area contributed by atoms with E-state index in [1.54, 1.807) is 0 Å². The molecule has 0 aromatic carbocycles. The smallest absolute Gasteiger partial charge is 0.0415 e. The minimum atomic E-state index is 0.725. The Labute approximate surface area is 68.4 Å². The zero-order chi connectivity index (χ0) is 8.43. The van der Waals surface area contributed by atoms with Gasteiger partial charge in [-0.05, 0) is 12.8 Å². The van der Waals surface area contributed by atoms with Gasteiger partial charge in [0.05, 0.1) is 0 Å². The third-order valence-electron chi connectivity index (χ3n) is 2.38. The van der Waals surface area contributed by atoms with Gasteiger partial charge in [0.15, 0.2) is 0 Å². The van der Waals surface area contributed by atoms with Gasteiger partial charge in [0, 0.05) is 23.8 Å². The van der Waals surface area contributed by atoms with Crippen LogP contribution in [0.15, 0.2) is 10.2 Å². The average molecular weight is 152 g/mol. The highest BCUT2D eigenvalue weighted by atomic mass is 15.2. The van der Waals surface area contributed by atoms with Gasteiger partial charge in [-0.2, -0.15) is 10.2 Å². The van der Waals surface area contributed by atoms with E-state index in [-0.39, 0.29) is 0 Å². The van der Waals surface area contributed by atoms with Gasteiger partial charge in [0.2, 0.25) is 0 Å². The fourth-order valence-corrected chi connectivity index (χ4v) is 1.65. The highest BCUT2D eigenvalue weighted by molar-refractivity contribution is 5.94. The summed E-state index contributed by atoms with van der Waals surface area (Å²) in [6.07, 6.45) is 1.97. The Morgan fingerprint density at radius 3 is 2.45 bits per heavy atom. The minimum Gasteiger partial charge on any atom is -0.163 e. The maximum atomic E-state index is 3.99. The number of hydrogen-bond donors (Lipinski definition) is 0. The van der Waals surface area contributed by atoms with Crippen LogP contribution in [-0.2, 0) is 0 Å². The molecule has 0 aromatic heterocycles. The second-order valence-electron chi connectivity index (χ2n) is 2.97. The van der Waals surface area contributed by atoms with Gasteiger partial charge < -0.3 is 0 Å². The second-order valence-corrected chi connectivity index (χ2v) is 2.97. The van der Waals surface area contributed by atoms with Crippen LogP contribution < -0.4 is 0 Å². The molecule has 1 fully saturated rings. The molecule has 62 valence electrons. The van der Waals surface area contributed by atoms with Gasteiger partial charge in [-0.25, -0.2) is 0 Å². The van der Waals surface area contributed by atoms with E-state index in [1.807, 2.05) is 20.1 Å². The van der Waals surface area contributed by atoms with Crippen LogP contribution in [0.5, 0.6) is 0 Å². The lowest BCUT2D eigenvalue weighted by atomic mass is 10.2. The molecule has 1 saturated carbocycles. The molecule has 0 N–H and O–H groups in total. The molecule has 1 aliphatic carbocycles. The maximum Gasteiger partial charge on any atom is 0.0415 e. The highest BCUT2D eigenvalue weighted by Gasteiger charge is 2.48. The van der Waals surface area contributed by atoms with E-state index in [9.17, 15) is 0 Å². The SMILES string of the molecule is CC.CC1=NN=CC2C(C)C12. The van der Waals surface area contributed by atoms with Crippen molar-refractivity contribution in [2.45, 2.75) is 27.7 Å². The summed E-state index contributed by atoms with van der Waals surface area (Å²) in [6.45, 7) is 8.32. The molecule has 11 heavy (non-hydrogen) atoms. The maximum absolute atomic E-state index is 3.99. The standard InChI is InChI=1S/C7H10N2.C2H6/c1-4-6-3-8-9-5(2)7(4)6;1-2/h3-4,6-7H,1-2H3;1-2H3. The third kappa shape index (κ3) is 1.35. The van der Waals surface area contributed by atoms with Crippen LogP contribution in [0.1, 0.15) is 27.7 Å². The van der Waals surface area contributed by atoms with Crippen LogP contribution in [0.3, 0.4) is 0 Å².